The van der Waals surface area contributed by atoms with E-state index in [2.05, 4.69) is 60.6 Å². The highest BCUT2D eigenvalue weighted by molar-refractivity contribution is 8.76. The van der Waals surface area contributed by atoms with E-state index in [9.17, 15) is 63.8 Å². The molecule has 32 nitrogen and oxygen atoms in total. The van der Waals surface area contributed by atoms with Crippen LogP contribution in [0.15, 0.2) is 86.2 Å². The van der Waals surface area contributed by atoms with Crippen molar-refractivity contribution in [2.45, 2.75) is 112 Å². The Labute approximate surface area is 524 Å². The summed E-state index contributed by atoms with van der Waals surface area (Å²) in [5, 5.41) is 8.85. The summed E-state index contributed by atoms with van der Waals surface area (Å²) in [6.45, 7) is 9.78. The summed E-state index contributed by atoms with van der Waals surface area (Å²) < 4.78 is 131. The van der Waals surface area contributed by atoms with E-state index in [0.717, 1.165) is 28.3 Å². The van der Waals surface area contributed by atoms with E-state index < -0.39 is 91.9 Å². The summed E-state index contributed by atoms with van der Waals surface area (Å²) in [5.74, 6) is 5.87. The number of aromatic amines is 1. The lowest BCUT2D eigenvalue weighted by Crippen LogP contribution is -2.29. The number of hydrogen-bond donors (Lipinski definition) is 10. The largest absolute Gasteiger partial charge is 0.490 e. The number of amides is 2. The number of carbonyl (C=O) groups is 2. The molecule has 2 amide bonds. The number of aromatic nitrogens is 3. The van der Waals surface area contributed by atoms with Gasteiger partial charge in [-0.05, 0) is 81.1 Å². The Morgan fingerprint density at radius 2 is 1.63 bits per heavy atom. The molecule has 3 aliphatic rings. The number of phosphoric acid groups is 3. The van der Waals surface area contributed by atoms with Crippen LogP contribution in [0, 0.1) is 11.8 Å². The van der Waals surface area contributed by atoms with Crippen LogP contribution in [0.25, 0.3) is 21.5 Å². The molecule has 11 N–H and O–H groups in total. The number of carbonyl (C=O) groups excluding carboxylic acids is 2. The second-order valence-corrected chi connectivity index (χ2v) is 31.3. The molecule has 0 radical (unpaired) electrons. The number of fused-ring (bicyclic) bond motifs is 3. The second kappa shape index (κ2) is 29.5. The fourth-order valence-corrected chi connectivity index (χ4v) is 16.4. The topological polar surface area (TPSA) is 477 Å². The first-order valence-corrected chi connectivity index (χ1v) is 37.2. The molecule has 0 saturated carbocycles. The molecule has 0 bridgehead atoms. The monoisotopic (exact) mass is 1390 g/mol. The van der Waals surface area contributed by atoms with Gasteiger partial charge in [0.15, 0.2) is 11.4 Å². The third kappa shape index (κ3) is 18.3. The number of unbranched alkanes of at least 4 members (excludes halogenated alkanes) is 2. The Morgan fingerprint density at radius 3 is 2.31 bits per heavy atom. The molecule has 0 aliphatic carbocycles. The van der Waals surface area contributed by atoms with Gasteiger partial charge in [0, 0.05) is 95.9 Å². The number of hydrogen-bond acceptors (Lipinski definition) is 21. The summed E-state index contributed by atoms with van der Waals surface area (Å²) in [6.07, 6.45) is 5.97. The number of azide groups is 1. The van der Waals surface area contributed by atoms with Gasteiger partial charge < -0.3 is 54.9 Å². The van der Waals surface area contributed by atoms with Crippen LogP contribution in [0.5, 0.6) is 0 Å². The van der Waals surface area contributed by atoms with Crippen LogP contribution in [0.1, 0.15) is 96.1 Å². The van der Waals surface area contributed by atoms with E-state index in [-0.39, 0.29) is 70.0 Å². The summed E-state index contributed by atoms with van der Waals surface area (Å²) >= 11 is 0. The Morgan fingerprint density at radius 1 is 0.956 bits per heavy atom. The van der Waals surface area contributed by atoms with Crippen molar-refractivity contribution in [3.05, 3.63) is 104 Å². The third-order valence-corrected chi connectivity index (χ3v) is 22.4. The fraction of sp³-hybridized carbons (Fsp3) is 0.471. The van der Waals surface area contributed by atoms with Crippen LogP contribution in [0.4, 0.5) is 17.3 Å². The molecule has 5 heterocycles. The predicted octanol–water partition coefficient (Wildman–Crippen LogP) is 6.33. The van der Waals surface area contributed by atoms with E-state index in [4.69, 9.17) is 35.0 Å². The predicted molar refractivity (Wildman–Crippen MR) is 331 cm³/mol. The first-order valence-electron chi connectivity index (χ1n) is 27.4. The van der Waals surface area contributed by atoms with Gasteiger partial charge in [0.1, 0.15) is 25.6 Å². The highest BCUT2D eigenvalue weighted by Gasteiger charge is 2.47. The molecule has 39 heteroatoms. The van der Waals surface area contributed by atoms with Crippen molar-refractivity contribution in [1.82, 2.24) is 25.2 Å². The Balaban J connectivity index is 0.859. The van der Waals surface area contributed by atoms with Crippen molar-refractivity contribution in [3.63, 3.8) is 0 Å². The Kier molecular flexibility index (Phi) is 23.5. The van der Waals surface area contributed by atoms with Crippen molar-refractivity contribution >= 4 is 111 Å². The number of nitrogen functional groups attached to an aromatic ring is 1. The van der Waals surface area contributed by atoms with Gasteiger partial charge in [-0.2, -0.15) is 35.0 Å². The van der Waals surface area contributed by atoms with Crippen molar-refractivity contribution in [1.29, 1.82) is 0 Å². The first-order chi connectivity index (χ1) is 42.1. The van der Waals surface area contributed by atoms with Gasteiger partial charge >= 0.3 is 23.5 Å². The Hall–Kier alpha value is -5.73. The number of nitrogens with one attached hydrogen (secondary N) is 3. The highest BCUT2D eigenvalue weighted by atomic mass is 33.1. The van der Waals surface area contributed by atoms with Gasteiger partial charge in [0.05, 0.1) is 45.4 Å². The molecule has 2 aromatic heterocycles. The SMILES string of the molecule is CCN1/C(=C/C=C/C2=[N+](CCCCCC(=O)NCCSSCCC(=O)NCC#Cc3cn([C@H]4C[C@@H](OCN=[N+]=[N-])[C@@H](COP(=O)(O)OP(=O)(O)OP(=O)(O)O)O4)c4nc(N)[nH]c(=O)c34)c3ccc(S(=O)(=O)O)cc3C2(C)C)C(C)(C)c2cc(S(=O)(=O)O)ccc21. The number of ether oxygens (including phenoxy) is 2. The average molecular weight is 1390 g/mol. The van der Waals surface area contributed by atoms with E-state index in [1.807, 2.05) is 52.8 Å². The summed E-state index contributed by atoms with van der Waals surface area (Å²) in [5.41, 5.74) is 17.5. The normalized spacial score (nSPS) is 19.7. The van der Waals surface area contributed by atoms with Crippen LogP contribution in [-0.4, -0.2) is 145 Å². The van der Waals surface area contributed by atoms with Gasteiger partial charge in [-0.3, -0.25) is 33.0 Å². The summed E-state index contributed by atoms with van der Waals surface area (Å²) in [6, 6.07) is 9.09. The average Bonchev–Trinajstić information content (AvgIpc) is 1.61. The zero-order valence-electron chi connectivity index (χ0n) is 48.9. The molecule has 90 heavy (non-hydrogen) atoms. The van der Waals surface area contributed by atoms with E-state index in [0.29, 0.717) is 56.0 Å². The number of allylic oxidation sites excluding steroid dienone is 4. The molecule has 2 aromatic carbocycles. The number of rotatable bonds is 30. The smallest absolute Gasteiger partial charge is 0.369 e. The maximum atomic E-state index is 13.2. The van der Waals surface area contributed by atoms with Gasteiger partial charge in [0.25, 0.3) is 25.8 Å². The molecular weight excluding hydrogens is 1320 g/mol. The fourth-order valence-electron chi connectivity index (χ4n) is 10.4. The number of anilines is 2. The quantitative estimate of drug-likeness (QED) is 0.00313. The summed E-state index contributed by atoms with van der Waals surface area (Å²) in [7, 11) is -23.1. The number of phosphoric ester groups is 1. The molecule has 1 saturated heterocycles. The number of nitrogens with two attached hydrogens (primary N) is 1. The highest BCUT2D eigenvalue weighted by Crippen LogP contribution is 2.66. The molecule has 490 valence electrons. The second-order valence-electron chi connectivity index (χ2n) is 21.3. The van der Waals surface area contributed by atoms with Crippen LogP contribution in [-0.2, 0) is 77.0 Å². The minimum Gasteiger partial charge on any atom is -0.369 e. The Bertz CT molecular complexity index is 4080. The maximum absolute atomic E-state index is 13.2. The molecule has 7 rings (SSSR count). The number of benzene rings is 2. The van der Waals surface area contributed by atoms with Gasteiger partial charge in [-0.15, -0.1) is 0 Å². The van der Waals surface area contributed by atoms with Crippen LogP contribution >= 0.6 is 45.1 Å². The number of nitrogens with zero attached hydrogens (tertiary/aromatic N) is 7. The lowest BCUT2D eigenvalue weighted by atomic mass is 9.81. The van der Waals surface area contributed by atoms with Crippen molar-refractivity contribution < 1.29 is 96.0 Å². The minimum atomic E-state index is -5.84. The van der Waals surface area contributed by atoms with E-state index in [1.165, 1.54) is 56.6 Å². The van der Waals surface area contributed by atoms with Crippen LogP contribution in [0.2, 0.25) is 0 Å². The van der Waals surface area contributed by atoms with E-state index >= 15 is 0 Å². The molecule has 0 spiro atoms. The zero-order valence-corrected chi connectivity index (χ0v) is 54.8. The van der Waals surface area contributed by atoms with Gasteiger partial charge in [0.2, 0.25) is 23.5 Å². The number of H-pyrrole nitrogens is 1. The zero-order chi connectivity index (χ0) is 66.2. The van der Waals surface area contributed by atoms with Crippen LogP contribution < -0.4 is 26.8 Å². The lowest BCUT2D eigenvalue weighted by molar-refractivity contribution is -0.438. The molecule has 5 atom stereocenters. The molecule has 2 unspecified atom stereocenters. The molecule has 1 fully saturated rings. The standard InChI is InChI=1S/C51H66N11O21P3S4/c1-6-60-37-18-16-33(89(73,74)75)26-35(37)50(2,3)41(60)13-10-14-42-51(4,5)36-27-34(90(76,77)78)17-19-38(36)61(42)23-9-7-8-15-43(63)55-22-25-88-87-24-20-44(64)54-21-11-12-32-29-62(47-46(32)48(65)58-49(52)57-47)45-28-39(79-31-56-59-53)40(81-45)30-80-85(69,70)83-86(71,72)82-84(66,67)68/h10,13-14,16-19,26-27,29,39-40,45H,6-9,15,20-25,28,30-31H2,1-5H3,(H10-,52,54,55,57,58,63,64,65,66,67,68,69,70,71,72,73,74,75,76,77,78)/p+1/t39-,40-,45-/m1/s1. The summed E-state index contributed by atoms with van der Waals surface area (Å²) in [4.78, 5) is 86.7. The van der Waals surface area contributed by atoms with Crippen molar-refractivity contribution in [2.24, 2.45) is 5.11 Å². The van der Waals surface area contributed by atoms with Gasteiger partial charge in [-0.25, -0.2) is 13.7 Å². The molecule has 3 aliphatic heterocycles. The van der Waals surface area contributed by atoms with Crippen molar-refractivity contribution in [3.8, 4) is 11.8 Å². The van der Waals surface area contributed by atoms with E-state index in [1.54, 1.807) is 12.1 Å². The number of likely N-dealkylation sites (N-methyl/N-ethyl adjacent to an activating group) is 1. The minimum absolute atomic E-state index is 0.0293. The first kappa shape index (κ1) is 71.7. The van der Waals surface area contributed by atoms with Gasteiger partial charge in [-0.1, -0.05) is 58.5 Å². The third-order valence-electron chi connectivity index (χ3n) is 14.5. The molecular formula is C51H67N11O21P3S4+. The lowest BCUT2D eigenvalue weighted by Gasteiger charge is -2.25. The van der Waals surface area contributed by atoms with Crippen molar-refractivity contribution in [2.75, 3.05) is 61.7 Å². The molecule has 4 aromatic rings. The maximum Gasteiger partial charge on any atom is 0.490 e. The van der Waals surface area contributed by atoms with Crippen LogP contribution in [0.3, 0.4) is 0 Å².